The first-order chi connectivity index (χ1) is 9.62. The molecule has 1 aromatic carbocycles. The van der Waals surface area contributed by atoms with Crippen LogP contribution in [-0.4, -0.2) is 26.4 Å². The molecule has 20 heavy (non-hydrogen) atoms. The molecule has 2 rings (SSSR count). The Morgan fingerprint density at radius 2 is 2.00 bits per heavy atom. The van der Waals surface area contributed by atoms with Crippen LogP contribution in [-0.2, 0) is 11.2 Å². The van der Waals surface area contributed by atoms with Gasteiger partial charge in [-0.1, -0.05) is 6.07 Å². The van der Waals surface area contributed by atoms with E-state index >= 15 is 0 Å². The lowest BCUT2D eigenvalue weighted by Gasteiger charge is -2.28. The van der Waals surface area contributed by atoms with Crippen molar-refractivity contribution >= 4 is 0 Å². The van der Waals surface area contributed by atoms with Gasteiger partial charge in [-0.2, -0.15) is 0 Å². The largest absolute Gasteiger partial charge is 0.493 e. The molecule has 1 aliphatic rings. The van der Waals surface area contributed by atoms with Gasteiger partial charge < -0.3 is 19.9 Å². The lowest BCUT2D eigenvalue weighted by Crippen LogP contribution is -2.38. The van der Waals surface area contributed by atoms with Crippen LogP contribution in [0, 0.1) is 0 Å². The second kappa shape index (κ2) is 6.18. The maximum absolute atomic E-state index is 5.90. The average Bonchev–Trinajstić information content (AvgIpc) is 2.87. The molecule has 1 unspecified atom stereocenters. The lowest BCUT2D eigenvalue weighted by atomic mass is 9.92. The molecule has 0 fully saturated rings. The lowest BCUT2D eigenvalue weighted by molar-refractivity contribution is 0.0274. The van der Waals surface area contributed by atoms with Crippen LogP contribution in [0.5, 0.6) is 11.5 Å². The van der Waals surface area contributed by atoms with Gasteiger partial charge in [-0.25, -0.2) is 0 Å². The van der Waals surface area contributed by atoms with Crippen molar-refractivity contribution < 1.29 is 14.2 Å². The summed E-state index contributed by atoms with van der Waals surface area (Å²) in [5.41, 5.74) is 6.85. The zero-order valence-corrected chi connectivity index (χ0v) is 12.4. The molecule has 0 saturated heterocycles. The van der Waals surface area contributed by atoms with E-state index in [0.717, 1.165) is 36.5 Å². The summed E-state index contributed by atoms with van der Waals surface area (Å²) in [6, 6.07) is 6.00. The molecule has 1 aliphatic heterocycles. The molecular weight excluding hydrogens is 254 g/mol. The van der Waals surface area contributed by atoms with Crippen LogP contribution in [0.2, 0.25) is 0 Å². The van der Waals surface area contributed by atoms with Gasteiger partial charge in [0.25, 0.3) is 0 Å². The Balaban J connectivity index is 2.04. The maximum atomic E-state index is 5.90. The van der Waals surface area contributed by atoms with E-state index in [2.05, 4.69) is 12.1 Å². The molecule has 1 heterocycles. The minimum atomic E-state index is -0.239. The smallest absolute Gasteiger partial charge is 0.160 e. The molecule has 1 atom stereocenters. The van der Waals surface area contributed by atoms with Gasteiger partial charge in [0.05, 0.1) is 20.0 Å². The molecule has 110 valence electrons. The summed E-state index contributed by atoms with van der Waals surface area (Å²) in [4.78, 5) is 0. The van der Waals surface area contributed by atoms with Gasteiger partial charge in [0.1, 0.15) is 5.60 Å². The number of nitrogens with two attached hydrogens (primary N) is 1. The Hall–Kier alpha value is -1.68. The highest BCUT2D eigenvalue weighted by Crippen LogP contribution is 2.33. The van der Waals surface area contributed by atoms with E-state index < -0.39 is 0 Å². The van der Waals surface area contributed by atoms with Crippen LogP contribution in [0.15, 0.2) is 30.0 Å². The van der Waals surface area contributed by atoms with Gasteiger partial charge in [-0.15, -0.1) is 0 Å². The van der Waals surface area contributed by atoms with Crippen molar-refractivity contribution in [2.24, 2.45) is 5.73 Å². The molecule has 0 saturated carbocycles. The quantitative estimate of drug-likeness (QED) is 0.868. The number of benzene rings is 1. The predicted molar refractivity (Wildman–Crippen MR) is 79.1 cm³/mol. The van der Waals surface area contributed by atoms with E-state index in [1.165, 1.54) is 5.56 Å². The van der Waals surface area contributed by atoms with Crippen LogP contribution in [0.3, 0.4) is 0 Å². The minimum absolute atomic E-state index is 0.239. The molecule has 0 aromatic heterocycles. The Bertz CT molecular complexity index is 498. The van der Waals surface area contributed by atoms with E-state index in [-0.39, 0.29) is 5.60 Å². The van der Waals surface area contributed by atoms with Crippen molar-refractivity contribution in [3.63, 3.8) is 0 Å². The van der Waals surface area contributed by atoms with Gasteiger partial charge in [0, 0.05) is 13.0 Å². The second-order valence-electron chi connectivity index (χ2n) is 5.20. The zero-order chi connectivity index (χ0) is 14.6. The van der Waals surface area contributed by atoms with Crippen LogP contribution in [0.25, 0.3) is 0 Å². The summed E-state index contributed by atoms with van der Waals surface area (Å²) in [5, 5.41) is 0. The Kier molecular flexibility index (Phi) is 4.55. The Morgan fingerprint density at radius 3 is 2.55 bits per heavy atom. The predicted octanol–water partition coefficient (Wildman–Crippen LogP) is 2.66. The van der Waals surface area contributed by atoms with Gasteiger partial charge in [0.2, 0.25) is 0 Å². The number of ether oxygens (including phenoxy) is 3. The number of methoxy groups -OCH3 is 2. The standard InChI is InChI=1S/C16H23NO3/c1-12-6-8-16(11-17,20-12)9-7-13-4-5-14(18-2)15(10-13)19-3/h4-6,10H,7-9,11,17H2,1-3H3. The third-order valence-corrected chi connectivity index (χ3v) is 3.83. The van der Waals surface area contributed by atoms with E-state index in [1.807, 2.05) is 19.1 Å². The van der Waals surface area contributed by atoms with Crippen LogP contribution in [0.1, 0.15) is 25.3 Å². The van der Waals surface area contributed by atoms with Gasteiger partial charge in [-0.05, 0) is 43.5 Å². The molecule has 4 heteroatoms. The van der Waals surface area contributed by atoms with Crippen LogP contribution < -0.4 is 15.2 Å². The summed E-state index contributed by atoms with van der Waals surface area (Å²) in [6.07, 6.45) is 4.80. The third kappa shape index (κ3) is 3.07. The number of aryl methyl sites for hydroxylation is 1. The molecule has 2 N–H and O–H groups in total. The summed E-state index contributed by atoms with van der Waals surface area (Å²) < 4.78 is 16.5. The molecule has 0 aliphatic carbocycles. The van der Waals surface area contributed by atoms with E-state index in [1.54, 1.807) is 14.2 Å². The Labute approximate surface area is 120 Å². The molecule has 4 nitrogen and oxygen atoms in total. The summed E-state index contributed by atoms with van der Waals surface area (Å²) in [6.45, 7) is 2.52. The molecule has 0 spiro atoms. The summed E-state index contributed by atoms with van der Waals surface area (Å²) >= 11 is 0. The van der Waals surface area contributed by atoms with Gasteiger partial charge in [0.15, 0.2) is 11.5 Å². The van der Waals surface area contributed by atoms with E-state index in [0.29, 0.717) is 6.54 Å². The van der Waals surface area contributed by atoms with Crippen molar-refractivity contribution in [1.82, 2.24) is 0 Å². The SMILES string of the molecule is COc1ccc(CCC2(CN)CC=C(C)O2)cc1OC. The van der Waals surface area contributed by atoms with Crippen LogP contribution in [0.4, 0.5) is 0 Å². The number of hydrogen-bond donors (Lipinski definition) is 1. The fourth-order valence-electron chi connectivity index (χ4n) is 2.54. The normalized spacial score (nSPS) is 21.3. The molecule has 0 bridgehead atoms. The van der Waals surface area contributed by atoms with Crippen LogP contribution >= 0.6 is 0 Å². The van der Waals surface area contributed by atoms with Gasteiger partial charge >= 0.3 is 0 Å². The molecule has 0 radical (unpaired) electrons. The monoisotopic (exact) mass is 277 g/mol. The fourth-order valence-corrected chi connectivity index (χ4v) is 2.54. The summed E-state index contributed by atoms with van der Waals surface area (Å²) in [7, 11) is 3.29. The summed E-state index contributed by atoms with van der Waals surface area (Å²) in [5.74, 6) is 2.48. The maximum Gasteiger partial charge on any atom is 0.160 e. The van der Waals surface area contributed by atoms with Crippen molar-refractivity contribution in [1.29, 1.82) is 0 Å². The number of hydrogen-bond acceptors (Lipinski definition) is 4. The highest BCUT2D eigenvalue weighted by Gasteiger charge is 2.33. The molecular formula is C16H23NO3. The first-order valence-corrected chi connectivity index (χ1v) is 6.89. The first kappa shape index (κ1) is 14.7. The average molecular weight is 277 g/mol. The zero-order valence-electron chi connectivity index (χ0n) is 12.4. The van der Waals surface area contributed by atoms with Crippen molar-refractivity contribution in [3.8, 4) is 11.5 Å². The van der Waals surface area contributed by atoms with Gasteiger partial charge in [-0.3, -0.25) is 0 Å². The number of rotatable bonds is 6. The number of allylic oxidation sites excluding steroid dienone is 1. The highest BCUT2D eigenvalue weighted by atomic mass is 16.5. The van der Waals surface area contributed by atoms with Crippen molar-refractivity contribution in [2.75, 3.05) is 20.8 Å². The highest BCUT2D eigenvalue weighted by molar-refractivity contribution is 5.43. The fraction of sp³-hybridized carbons (Fsp3) is 0.500. The minimum Gasteiger partial charge on any atom is -0.493 e. The molecule has 1 aromatic rings. The first-order valence-electron chi connectivity index (χ1n) is 6.89. The third-order valence-electron chi connectivity index (χ3n) is 3.83. The van der Waals surface area contributed by atoms with Crippen molar-refractivity contribution in [3.05, 3.63) is 35.6 Å². The van der Waals surface area contributed by atoms with E-state index in [4.69, 9.17) is 19.9 Å². The van der Waals surface area contributed by atoms with E-state index in [9.17, 15) is 0 Å². The topological polar surface area (TPSA) is 53.7 Å². The van der Waals surface area contributed by atoms with Crippen molar-refractivity contribution in [2.45, 2.75) is 31.8 Å². The second-order valence-corrected chi connectivity index (χ2v) is 5.20. The Morgan fingerprint density at radius 1 is 1.25 bits per heavy atom. The molecule has 0 amide bonds.